The predicted molar refractivity (Wildman–Crippen MR) is 134 cm³/mol. The Labute approximate surface area is 210 Å². The Morgan fingerprint density at radius 3 is 2.30 bits per heavy atom. The zero-order valence-electron chi connectivity index (χ0n) is 18.2. The van der Waals surface area contributed by atoms with Gasteiger partial charge >= 0.3 is 5.97 Å². The van der Waals surface area contributed by atoms with Gasteiger partial charge in [0.2, 0.25) is 0 Å². The molecule has 1 heterocycles. The summed E-state index contributed by atoms with van der Waals surface area (Å²) in [5.41, 5.74) is 3.58. The number of halogens is 3. The Morgan fingerprint density at radius 1 is 0.970 bits per heavy atom. The van der Waals surface area contributed by atoms with Gasteiger partial charge in [-0.15, -0.1) is 0 Å². The van der Waals surface area contributed by atoms with E-state index in [1.807, 2.05) is 36.4 Å². The SMILES string of the molecule is COc1ccc([C@H]2c3cc(Br)cc(C(=O)O)c3N[C@H](c3ccc(Cl)c(Cl)c3)[C@H]2C)cc1OC. The van der Waals surface area contributed by atoms with Gasteiger partial charge < -0.3 is 19.9 Å². The molecule has 0 amide bonds. The molecule has 33 heavy (non-hydrogen) atoms. The molecule has 0 fully saturated rings. The number of hydrogen-bond acceptors (Lipinski definition) is 4. The molecule has 0 saturated carbocycles. The number of fused-ring (bicyclic) bond motifs is 1. The third kappa shape index (κ3) is 4.39. The summed E-state index contributed by atoms with van der Waals surface area (Å²) in [5, 5.41) is 14.3. The van der Waals surface area contributed by atoms with E-state index in [4.69, 9.17) is 32.7 Å². The maximum atomic E-state index is 12.1. The second-order valence-corrected chi connectivity index (χ2v) is 9.70. The van der Waals surface area contributed by atoms with Gasteiger partial charge in [-0.1, -0.05) is 58.2 Å². The summed E-state index contributed by atoms with van der Waals surface area (Å²) in [5.74, 6) is 0.139. The van der Waals surface area contributed by atoms with Crippen LogP contribution in [0.15, 0.2) is 53.0 Å². The number of benzene rings is 3. The lowest BCUT2D eigenvalue weighted by Gasteiger charge is -2.40. The van der Waals surface area contributed by atoms with Gasteiger partial charge in [0.1, 0.15) is 0 Å². The normalized spacial score (nSPS) is 19.4. The summed E-state index contributed by atoms with van der Waals surface area (Å²) >= 11 is 16.0. The van der Waals surface area contributed by atoms with E-state index >= 15 is 0 Å². The van der Waals surface area contributed by atoms with E-state index in [1.54, 1.807) is 26.4 Å². The maximum Gasteiger partial charge on any atom is 0.337 e. The number of carboxylic acid groups (broad SMARTS) is 1. The Morgan fingerprint density at radius 2 is 1.67 bits per heavy atom. The van der Waals surface area contributed by atoms with E-state index < -0.39 is 5.97 Å². The molecular formula is C25H22BrCl2NO4. The quantitative estimate of drug-likeness (QED) is 0.346. The van der Waals surface area contributed by atoms with Crippen LogP contribution in [0.2, 0.25) is 10.0 Å². The van der Waals surface area contributed by atoms with Gasteiger partial charge in [0.05, 0.1) is 41.6 Å². The molecule has 3 aromatic rings. The molecule has 0 aromatic heterocycles. The zero-order chi connectivity index (χ0) is 23.9. The van der Waals surface area contributed by atoms with Crippen LogP contribution in [0.1, 0.15) is 45.9 Å². The van der Waals surface area contributed by atoms with Crippen molar-refractivity contribution in [3.8, 4) is 11.5 Å². The third-order valence-corrected chi connectivity index (χ3v) is 7.32. The average Bonchev–Trinajstić information content (AvgIpc) is 2.79. The molecule has 0 unspecified atom stereocenters. The second kappa shape index (κ2) is 9.45. The van der Waals surface area contributed by atoms with Crippen LogP contribution in [-0.2, 0) is 0 Å². The van der Waals surface area contributed by atoms with Crippen LogP contribution in [0.4, 0.5) is 5.69 Å². The second-order valence-electron chi connectivity index (χ2n) is 7.97. The molecular weight excluding hydrogens is 529 g/mol. The minimum Gasteiger partial charge on any atom is -0.493 e. The number of rotatable bonds is 5. The summed E-state index contributed by atoms with van der Waals surface area (Å²) < 4.78 is 11.7. The number of nitrogens with one attached hydrogen (secondary N) is 1. The lowest BCUT2D eigenvalue weighted by Crippen LogP contribution is -2.32. The number of anilines is 1. The molecule has 0 radical (unpaired) electrons. The largest absolute Gasteiger partial charge is 0.493 e. The van der Waals surface area contributed by atoms with Crippen molar-refractivity contribution in [1.82, 2.24) is 0 Å². The monoisotopic (exact) mass is 549 g/mol. The van der Waals surface area contributed by atoms with Crippen LogP contribution in [0.3, 0.4) is 0 Å². The van der Waals surface area contributed by atoms with Crippen LogP contribution in [-0.4, -0.2) is 25.3 Å². The number of carboxylic acids is 1. The highest BCUT2D eigenvalue weighted by atomic mass is 79.9. The topological polar surface area (TPSA) is 67.8 Å². The molecule has 5 nitrogen and oxygen atoms in total. The first kappa shape index (κ1) is 23.7. The minimum atomic E-state index is -1.01. The van der Waals surface area contributed by atoms with Crippen molar-refractivity contribution in [3.05, 3.63) is 85.3 Å². The number of hydrogen-bond donors (Lipinski definition) is 2. The highest BCUT2D eigenvalue weighted by molar-refractivity contribution is 9.10. The fourth-order valence-corrected chi connectivity index (χ4v) is 5.37. The molecule has 2 N–H and O–H groups in total. The number of aromatic carboxylic acids is 1. The van der Waals surface area contributed by atoms with Gasteiger partial charge in [-0.25, -0.2) is 4.79 Å². The standard InChI is InChI=1S/C25H22BrCl2NO4/c1-12-22(13-5-7-20(32-2)21(9-13)33-3)16-10-15(26)11-17(25(30)31)24(16)29-23(12)14-4-6-18(27)19(28)8-14/h4-12,22-23,29H,1-3H3,(H,30,31)/t12-,22-,23-/m0/s1. The average molecular weight is 551 g/mol. The number of methoxy groups -OCH3 is 2. The molecule has 1 aliphatic rings. The summed E-state index contributed by atoms with van der Waals surface area (Å²) in [6.45, 7) is 2.13. The molecule has 0 bridgehead atoms. The third-order valence-electron chi connectivity index (χ3n) is 6.12. The number of ether oxygens (including phenoxy) is 2. The van der Waals surface area contributed by atoms with E-state index in [2.05, 4.69) is 28.2 Å². The molecule has 172 valence electrons. The Hall–Kier alpha value is -2.41. The maximum absolute atomic E-state index is 12.1. The van der Waals surface area contributed by atoms with Crippen molar-refractivity contribution in [2.75, 3.05) is 19.5 Å². The van der Waals surface area contributed by atoms with Crippen LogP contribution in [0.25, 0.3) is 0 Å². The lowest BCUT2D eigenvalue weighted by atomic mass is 9.72. The van der Waals surface area contributed by atoms with E-state index in [9.17, 15) is 9.90 Å². The van der Waals surface area contributed by atoms with Gasteiger partial charge in [-0.2, -0.15) is 0 Å². The van der Waals surface area contributed by atoms with Gasteiger partial charge in [0.15, 0.2) is 11.5 Å². The molecule has 3 aromatic carbocycles. The molecule has 0 aliphatic carbocycles. The summed E-state index contributed by atoms with van der Waals surface area (Å²) in [6.07, 6.45) is 0. The van der Waals surface area contributed by atoms with Crippen LogP contribution < -0.4 is 14.8 Å². The fraction of sp³-hybridized carbons (Fsp3) is 0.240. The Bertz CT molecular complexity index is 1230. The van der Waals surface area contributed by atoms with Gasteiger partial charge in [0.25, 0.3) is 0 Å². The zero-order valence-corrected chi connectivity index (χ0v) is 21.3. The van der Waals surface area contributed by atoms with E-state index in [1.165, 1.54) is 0 Å². The highest BCUT2D eigenvalue weighted by Crippen LogP contribution is 2.51. The van der Waals surface area contributed by atoms with Gasteiger partial charge in [-0.3, -0.25) is 0 Å². The first-order chi connectivity index (χ1) is 15.7. The Kier molecular flexibility index (Phi) is 6.80. The van der Waals surface area contributed by atoms with Crippen molar-refractivity contribution in [2.45, 2.75) is 18.9 Å². The molecule has 8 heteroatoms. The number of carbonyl (C=O) groups is 1. The van der Waals surface area contributed by atoms with Crippen LogP contribution in [0.5, 0.6) is 11.5 Å². The van der Waals surface area contributed by atoms with Crippen LogP contribution >= 0.6 is 39.1 Å². The van der Waals surface area contributed by atoms with Crippen LogP contribution in [0, 0.1) is 5.92 Å². The Balaban J connectivity index is 1.94. The van der Waals surface area contributed by atoms with E-state index in [-0.39, 0.29) is 23.4 Å². The molecule has 1 aliphatic heterocycles. The van der Waals surface area contributed by atoms with Crippen molar-refractivity contribution < 1.29 is 19.4 Å². The summed E-state index contributed by atoms with van der Waals surface area (Å²) in [7, 11) is 3.19. The molecule has 4 rings (SSSR count). The molecule has 3 atom stereocenters. The van der Waals surface area contributed by atoms with Crippen molar-refractivity contribution in [3.63, 3.8) is 0 Å². The summed E-state index contributed by atoms with van der Waals surface area (Å²) in [4.78, 5) is 12.1. The fourth-order valence-electron chi connectivity index (χ4n) is 4.59. The molecule has 0 saturated heterocycles. The predicted octanol–water partition coefficient (Wildman–Crippen LogP) is 7.41. The summed E-state index contributed by atoms with van der Waals surface area (Å²) in [6, 6.07) is 14.7. The van der Waals surface area contributed by atoms with E-state index in [0.29, 0.717) is 31.7 Å². The van der Waals surface area contributed by atoms with E-state index in [0.717, 1.165) is 16.7 Å². The first-order valence-electron chi connectivity index (χ1n) is 10.2. The van der Waals surface area contributed by atoms with Gasteiger partial charge in [0, 0.05) is 10.4 Å². The smallest absolute Gasteiger partial charge is 0.337 e. The van der Waals surface area contributed by atoms with Gasteiger partial charge in [-0.05, 0) is 59.0 Å². The molecule has 0 spiro atoms. The van der Waals surface area contributed by atoms with Crippen molar-refractivity contribution >= 4 is 50.8 Å². The lowest BCUT2D eigenvalue weighted by molar-refractivity contribution is 0.0697. The minimum absolute atomic E-state index is 0.0313. The highest BCUT2D eigenvalue weighted by Gasteiger charge is 2.38. The van der Waals surface area contributed by atoms with Crippen molar-refractivity contribution in [1.29, 1.82) is 0 Å². The first-order valence-corrected chi connectivity index (χ1v) is 11.8. The van der Waals surface area contributed by atoms with Crippen molar-refractivity contribution in [2.24, 2.45) is 5.92 Å².